The zero-order valence-corrected chi connectivity index (χ0v) is 13.2. The molecule has 3 rings (SSSR count). The molecule has 1 aliphatic rings. The number of amides is 1. The summed E-state index contributed by atoms with van der Waals surface area (Å²) in [6.07, 6.45) is 0. The Bertz CT molecular complexity index is 599. The van der Waals surface area contributed by atoms with Gasteiger partial charge in [0.25, 0.3) is 0 Å². The normalized spacial score (nSPS) is 21.6. The molecule has 0 spiro atoms. The Morgan fingerprint density at radius 2 is 1.65 bits per heavy atom. The van der Waals surface area contributed by atoms with Crippen molar-refractivity contribution >= 4 is 25.3 Å². The first-order chi connectivity index (χ1) is 9.67. The first-order valence-electron chi connectivity index (χ1n) is 6.75. The number of rotatable bonds is 4. The topological polar surface area (TPSA) is 20.3 Å². The van der Waals surface area contributed by atoms with E-state index in [0.29, 0.717) is 5.91 Å². The number of hydrogen-bond acceptors (Lipinski definition) is 1. The molecule has 1 amide bonds. The molecule has 0 saturated carbocycles. The van der Waals surface area contributed by atoms with Crippen LogP contribution >= 0.6 is 0 Å². The van der Waals surface area contributed by atoms with Crippen molar-refractivity contribution in [2.45, 2.75) is 17.8 Å². The quantitative estimate of drug-likeness (QED) is 0.622. The van der Waals surface area contributed by atoms with Gasteiger partial charge in [0.2, 0.25) is 0 Å². The fourth-order valence-electron chi connectivity index (χ4n) is 2.50. The van der Waals surface area contributed by atoms with Crippen LogP contribution in [0.15, 0.2) is 60.7 Å². The molecule has 20 heavy (non-hydrogen) atoms. The van der Waals surface area contributed by atoms with E-state index in [0.717, 1.165) is 13.1 Å². The minimum absolute atomic E-state index is 0.164. The first kappa shape index (κ1) is 13.4. The van der Waals surface area contributed by atoms with Gasteiger partial charge in [-0.2, -0.15) is 0 Å². The maximum absolute atomic E-state index is 12.4. The number of hydrogen-bond donors (Lipinski definition) is 0. The van der Waals surface area contributed by atoms with E-state index in [1.807, 2.05) is 41.3 Å². The summed E-state index contributed by atoms with van der Waals surface area (Å²) in [6, 6.07) is 20.6. The van der Waals surface area contributed by atoms with Gasteiger partial charge in [-0.3, -0.25) is 0 Å². The van der Waals surface area contributed by atoms with Crippen LogP contribution in [0.3, 0.4) is 0 Å². The van der Waals surface area contributed by atoms with E-state index < -0.39 is 0 Å². The minimum atomic E-state index is -0.164. The van der Waals surface area contributed by atoms with Gasteiger partial charge in [-0.25, -0.2) is 0 Å². The van der Waals surface area contributed by atoms with Gasteiger partial charge >= 0.3 is 126 Å². The fraction of sp³-hybridized carbons (Fsp3) is 0.235. The molecule has 1 atom stereocenters. The zero-order valence-electron chi connectivity index (χ0n) is 11.5. The summed E-state index contributed by atoms with van der Waals surface area (Å²) >= 11 is 0.207. The van der Waals surface area contributed by atoms with E-state index in [-0.39, 0.29) is 19.3 Å². The van der Waals surface area contributed by atoms with Crippen LogP contribution in [0.5, 0.6) is 0 Å². The summed E-state index contributed by atoms with van der Waals surface area (Å²) in [4.78, 5) is 14.4. The molecule has 0 unspecified atom stereocenters. The second kappa shape index (κ2) is 5.43. The molecule has 2 nitrogen and oxygen atoms in total. The molecule has 0 aromatic heterocycles. The zero-order chi connectivity index (χ0) is 14.0. The molecule has 1 saturated heterocycles. The van der Waals surface area contributed by atoms with Gasteiger partial charge in [0.05, 0.1) is 0 Å². The molecule has 1 aliphatic heterocycles. The summed E-state index contributed by atoms with van der Waals surface area (Å²) < 4.78 is 1.14. The van der Waals surface area contributed by atoms with Crippen molar-refractivity contribution in [2.75, 3.05) is 6.54 Å². The van der Waals surface area contributed by atoms with Crippen LogP contribution in [0, 0.1) is 0 Å². The number of β-lactam (4-membered cyclic amide) rings is 1. The number of nitrogens with zero attached hydrogens (tertiary/aromatic N) is 1. The van der Waals surface area contributed by atoms with Crippen LogP contribution in [0.1, 0.15) is 12.5 Å². The summed E-state index contributed by atoms with van der Waals surface area (Å²) in [7, 11) is 0. The van der Waals surface area contributed by atoms with E-state index in [1.165, 1.54) is 10.0 Å². The fourth-order valence-corrected chi connectivity index (χ4v) is 5.13. The Morgan fingerprint density at radius 3 is 2.25 bits per heavy atom. The monoisotopic (exact) mass is 331 g/mol. The molecule has 0 N–H and O–H groups in total. The van der Waals surface area contributed by atoms with Crippen molar-refractivity contribution in [1.82, 2.24) is 4.90 Å². The molecule has 1 heterocycles. The SMILES string of the molecule is C[C@]1([Se]c2ccccc2)CN(Cc2ccccc2)C1=O. The number of likely N-dealkylation sites (tertiary alicyclic amines) is 1. The van der Waals surface area contributed by atoms with Gasteiger partial charge in [-0.1, -0.05) is 0 Å². The summed E-state index contributed by atoms with van der Waals surface area (Å²) in [6.45, 7) is 3.71. The average molecular weight is 330 g/mol. The van der Waals surface area contributed by atoms with Gasteiger partial charge in [-0.15, -0.1) is 0 Å². The van der Waals surface area contributed by atoms with E-state index in [9.17, 15) is 4.79 Å². The summed E-state index contributed by atoms with van der Waals surface area (Å²) in [5.41, 5.74) is 1.20. The standard InChI is InChI=1S/C17H17NOSe/c1-17(20-15-10-6-3-7-11-15)13-18(16(17)19)12-14-8-4-2-5-9-14/h2-11H,12-13H2,1H3/t17-/m0/s1. The van der Waals surface area contributed by atoms with Crippen molar-refractivity contribution < 1.29 is 4.79 Å². The van der Waals surface area contributed by atoms with Crippen molar-refractivity contribution in [3.05, 3.63) is 66.2 Å². The predicted molar refractivity (Wildman–Crippen MR) is 82.1 cm³/mol. The van der Waals surface area contributed by atoms with E-state index in [1.54, 1.807) is 0 Å². The summed E-state index contributed by atoms with van der Waals surface area (Å²) in [5.74, 6) is 0.296. The third kappa shape index (κ3) is 2.65. The van der Waals surface area contributed by atoms with E-state index in [4.69, 9.17) is 0 Å². The summed E-state index contributed by atoms with van der Waals surface area (Å²) in [5, 5.41) is 0. The van der Waals surface area contributed by atoms with Gasteiger partial charge in [0.15, 0.2) is 0 Å². The van der Waals surface area contributed by atoms with E-state index in [2.05, 4.69) is 31.2 Å². The predicted octanol–water partition coefficient (Wildman–Crippen LogP) is 2.24. The van der Waals surface area contributed by atoms with Crippen LogP contribution in [-0.2, 0) is 11.3 Å². The molecular weight excluding hydrogens is 313 g/mol. The Labute approximate surface area is 126 Å². The van der Waals surface area contributed by atoms with Crippen LogP contribution in [0.4, 0.5) is 0 Å². The van der Waals surface area contributed by atoms with Crippen LogP contribution in [-0.4, -0.2) is 32.3 Å². The molecule has 1 fully saturated rings. The number of carbonyl (C=O) groups is 1. The second-order valence-corrected chi connectivity index (χ2v) is 8.60. The van der Waals surface area contributed by atoms with Crippen molar-refractivity contribution in [1.29, 1.82) is 0 Å². The van der Waals surface area contributed by atoms with Gasteiger partial charge in [-0.05, 0) is 0 Å². The van der Waals surface area contributed by atoms with Crippen molar-refractivity contribution in [2.24, 2.45) is 0 Å². The molecule has 0 bridgehead atoms. The molecule has 2 aromatic carbocycles. The van der Waals surface area contributed by atoms with Crippen molar-refractivity contribution in [3.63, 3.8) is 0 Å². The van der Waals surface area contributed by atoms with Crippen LogP contribution in [0.25, 0.3) is 0 Å². The van der Waals surface area contributed by atoms with Crippen LogP contribution < -0.4 is 4.46 Å². The molecular formula is C17H17NOSe. The molecule has 2 aromatic rings. The molecule has 0 aliphatic carbocycles. The Morgan fingerprint density at radius 1 is 1.05 bits per heavy atom. The molecule has 0 radical (unpaired) electrons. The third-order valence-corrected chi connectivity index (χ3v) is 6.18. The maximum atomic E-state index is 12.4. The van der Waals surface area contributed by atoms with Crippen LogP contribution in [0.2, 0.25) is 4.31 Å². The van der Waals surface area contributed by atoms with Gasteiger partial charge < -0.3 is 0 Å². The Hall–Kier alpha value is -1.57. The second-order valence-electron chi connectivity index (χ2n) is 5.29. The van der Waals surface area contributed by atoms with Gasteiger partial charge in [0.1, 0.15) is 0 Å². The molecule has 102 valence electrons. The number of benzene rings is 2. The number of carbonyl (C=O) groups excluding carboxylic acids is 1. The first-order valence-corrected chi connectivity index (χ1v) is 8.46. The third-order valence-electron chi connectivity index (χ3n) is 3.53. The van der Waals surface area contributed by atoms with Crippen molar-refractivity contribution in [3.8, 4) is 0 Å². The Kier molecular flexibility index (Phi) is 3.64. The average Bonchev–Trinajstić information content (AvgIpc) is 2.48. The van der Waals surface area contributed by atoms with E-state index >= 15 is 0 Å². The van der Waals surface area contributed by atoms with Gasteiger partial charge in [0, 0.05) is 0 Å². The Balaban J connectivity index is 1.64. The molecule has 3 heteroatoms.